The number of anilines is 2. The van der Waals surface area contributed by atoms with Crippen molar-refractivity contribution >= 4 is 35.0 Å². The Hall–Kier alpha value is -2.41. The number of nitrogens with one attached hydrogen (secondary N) is 2. The fourth-order valence-corrected chi connectivity index (χ4v) is 2.65. The van der Waals surface area contributed by atoms with E-state index >= 15 is 0 Å². The molecule has 0 saturated carbocycles. The Morgan fingerprint density at radius 3 is 2.42 bits per heavy atom. The smallest absolute Gasteiger partial charge is 0.288 e. The monoisotopic (exact) mass is 350 g/mol. The molecule has 0 aliphatic carbocycles. The molecule has 4 nitrogen and oxygen atoms in total. The molecule has 2 aromatic rings. The van der Waals surface area contributed by atoms with Gasteiger partial charge in [0, 0.05) is 23.1 Å². The van der Waals surface area contributed by atoms with Crippen molar-refractivity contribution < 1.29 is 18.4 Å². The van der Waals surface area contributed by atoms with E-state index in [0.29, 0.717) is 28.7 Å². The fraction of sp³-hybridized carbons (Fsp3) is 0.176. The van der Waals surface area contributed by atoms with Gasteiger partial charge in [0.1, 0.15) is 0 Å². The highest BCUT2D eigenvalue weighted by atomic mass is 32.2. The lowest BCUT2D eigenvalue weighted by atomic mass is 10.1. The summed E-state index contributed by atoms with van der Waals surface area (Å²) in [6.45, 7) is 3.19. The third-order valence-electron chi connectivity index (χ3n) is 3.16. The van der Waals surface area contributed by atoms with Crippen molar-refractivity contribution in [3.05, 3.63) is 53.6 Å². The van der Waals surface area contributed by atoms with Gasteiger partial charge in [0.25, 0.3) is 11.7 Å². The summed E-state index contributed by atoms with van der Waals surface area (Å²) in [5.74, 6) is -3.26. The van der Waals surface area contributed by atoms with Gasteiger partial charge in [0.15, 0.2) is 0 Å². The van der Waals surface area contributed by atoms with Crippen LogP contribution < -0.4 is 10.6 Å². The predicted molar refractivity (Wildman–Crippen MR) is 91.7 cm³/mol. The van der Waals surface area contributed by atoms with Crippen LogP contribution >= 0.6 is 11.8 Å². The molecule has 2 N–H and O–H groups in total. The van der Waals surface area contributed by atoms with Crippen LogP contribution in [-0.4, -0.2) is 17.6 Å². The van der Waals surface area contributed by atoms with Gasteiger partial charge in [0.2, 0.25) is 5.91 Å². The highest BCUT2D eigenvalue weighted by Gasteiger charge is 2.14. The van der Waals surface area contributed by atoms with Crippen LogP contribution in [0.2, 0.25) is 0 Å². The maximum absolute atomic E-state index is 12.6. The number of carbonyl (C=O) groups excluding carboxylic acids is 2. The van der Waals surface area contributed by atoms with E-state index in [-0.39, 0.29) is 10.8 Å². The molecule has 2 aromatic carbocycles. The summed E-state index contributed by atoms with van der Waals surface area (Å²) >= 11 is 0.371. The first-order chi connectivity index (χ1) is 11.4. The van der Waals surface area contributed by atoms with Gasteiger partial charge in [-0.3, -0.25) is 9.59 Å². The number of halogens is 2. The Kier molecular flexibility index (Phi) is 5.92. The maximum Gasteiger partial charge on any atom is 0.288 e. The van der Waals surface area contributed by atoms with Crippen LogP contribution in [-0.2, 0) is 4.79 Å². The standard InChI is InChI=1S/C17H16F2N2O2S/c1-10-7-8-12(9-14(10)20-11(2)22)16(23)21-13-5-3-4-6-15(13)24-17(18)19/h3-9,17H,1-2H3,(H,20,22)(H,21,23). The molecular weight excluding hydrogens is 334 g/mol. The van der Waals surface area contributed by atoms with Gasteiger partial charge in [-0.15, -0.1) is 0 Å². The first-order valence-corrected chi connectivity index (χ1v) is 7.98. The van der Waals surface area contributed by atoms with Crippen molar-refractivity contribution in [2.75, 3.05) is 10.6 Å². The maximum atomic E-state index is 12.6. The molecule has 0 aliphatic rings. The summed E-state index contributed by atoms with van der Waals surface area (Å²) in [6, 6.07) is 11.2. The van der Waals surface area contributed by atoms with Gasteiger partial charge in [0.05, 0.1) is 5.69 Å². The molecule has 0 bridgehead atoms. The van der Waals surface area contributed by atoms with Gasteiger partial charge < -0.3 is 10.6 Å². The van der Waals surface area contributed by atoms with Crippen molar-refractivity contribution in [3.8, 4) is 0 Å². The van der Waals surface area contributed by atoms with Crippen LogP contribution in [0.25, 0.3) is 0 Å². The van der Waals surface area contributed by atoms with Gasteiger partial charge in [-0.2, -0.15) is 8.78 Å². The Labute approximate surface area is 142 Å². The Morgan fingerprint density at radius 2 is 1.75 bits per heavy atom. The van der Waals surface area contributed by atoms with Gasteiger partial charge >= 0.3 is 0 Å². The molecule has 0 radical (unpaired) electrons. The normalized spacial score (nSPS) is 10.5. The first kappa shape index (κ1) is 17.9. The molecule has 7 heteroatoms. The van der Waals surface area contributed by atoms with Gasteiger partial charge in [-0.05, 0) is 36.8 Å². The van der Waals surface area contributed by atoms with Crippen LogP contribution in [0.5, 0.6) is 0 Å². The van der Waals surface area contributed by atoms with E-state index in [4.69, 9.17) is 0 Å². The number of rotatable bonds is 5. The molecule has 0 spiro atoms. The molecule has 24 heavy (non-hydrogen) atoms. The second kappa shape index (κ2) is 7.92. The number of para-hydroxylation sites is 1. The summed E-state index contributed by atoms with van der Waals surface area (Å²) in [6.07, 6.45) is 0. The van der Waals surface area contributed by atoms with E-state index < -0.39 is 11.7 Å². The molecule has 0 heterocycles. The van der Waals surface area contributed by atoms with Gasteiger partial charge in [-0.25, -0.2) is 0 Å². The minimum absolute atomic E-state index is 0.241. The van der Waals surface area contributed by atoms with Crippen LogP contribution in [0.15, 0.2) is 47.4 Å². The topological polar surface area (TPSA) is 58.2 Å². The number of aryl methyl sites for hydroxylation is 1. The molecule has 0 atom stereocenters. The van der Waals surface area contributed by atoms with Crippen LogP contribution in [0.1, 0.15) is 22.8 Å². The number of alkyl halides is 2. The van der Waals surface area contributed by atoms with Gasteiger partial charge in [-0.1, -0.05) is 30.0 Å². The molecule has 0 fully saturated rings. The molecule has 0 aromatic heterocycles. The van der Waals surface area contributed by atoms with E-state index in [1.807, 2.05) is 6.92 Å². The number of carbonyl (C=O) groups is 2. The molecule has 2 amide bonds. The third-order valence-corrected chi connectivity index (χ3v) is 3.95. The number of hydrogen-bond donors (Lipinski definition) is 2. The highest BCUT2D eigenvalue weighted by Crippen LogP contribution is 2.32. The SMILES string of the molecule is CC(=O)Nc1cc(C(=O)Nc2ccccc2SC(F)F)ccc1C. The zero-order valence-electron chi connectivity index (χ0n) is 13.1. The van der Waals surface area contributed by atoms with Crippen molar-refractivity contribution in [1.82, 2.24) is 0 Å². The number of thioether (sulfide) groups is 1. The largest absolute Gasteiger partial charge is 0.326 e. The summed E-state index contributed by atoms with van der Waals surface area (Å²) in [5, 5.41) is 5.27. The van der Waals surface area contributed by atoms with E-state index in [9.17, 15) is 18.4 Å². The minimum Gasteiger partial charge on any atom is -0.326 e. The molecule has 2 rings (SSSR count). The Balaban J connectivity index is 2.23. The highest BCUT2D eigenvalue weighted by molar-refractivity contribution is 7.99. The number of amides is 2. The minimum atomic E-state index is -2.58. The summed E-state index contributed by atoms with van der Waals surface area (Å²) < 4.78 is 25.2. The molecular formula is C17H16F2N2O2S. The van der Waals surface area contributed by atoms with E-state index in [0.717, 1.165) is 5.56 Å². The second-order valence-electron chi connectivity index (χ2n) is 5.04. The summed E-state index contributed by atoms with van der Waals surface area (Å²) in [7, 11) is 0. The fourth-order valence-electron chi connectivity index (χ4n) is 2.05. The van der Waals surface area contributed by atoms with Crippen LogP contribution in [0.4, 0.5) is 20.2 Å². The second-order valence-corrected chi connectivity index (χ2v) is 6.07. The average molecular weight is 350 g/mol. The molecule has 0 unspecified atom stereocenters. The van der Waals surface area contributed by atoms with Crippen LogP contribution in [0, 0.1) is 6.92 Å². The number of benzene rings is 2. The molecule has 0 aliphatic heterocycles. The van der Waals surface area contributed by atoms with Crippen molar-refractivity contribution in [2.24, 2.45) is 0 Å². The lowest BCUT2D eigenvalue weighted by Gasteiger charge is -2.12. The van der Waals surface area contributed by atoms with Crippen LogP contribution in [0.3, 0.4) is 0 Å². The third kappa shape index (κ3) is 4.79. The van der Waals surface area contributed by atoms with E-state index in [1.54, 1.807) is 36.4 Å². The first-order valence-electron chi connectivity index (χ1n) is 7.10. The molecule has 126 valence electrons. The Bertz CT molecular complexity index is 766. The summed E-state index contributed by atoms with van der Waals surface area (Å²) in [4.78, 5) is 23.9. The molecule has 0 saturated heterocycles. The zero-order valence-corrected chi connectivity index (χ0v) is 13.9. The van der Waals surface area contributed by atoms with Crippen molar-refractivity contribution in [1.29, 1.82) is 0 Å². The summed E-state index contributed by atoms with van der Waals surface area (Å²) in [5.41, 5.74) is 1.98. The predicted octanol–water partition coefficient (Wildman–Crippen LogP) is 4.52. The van der Waals surface area contributed by atoms with Crippen molar-refractivity contribution in [3.63, 3.8) is 0 Å². The zero-order chi connectivity index (χ0) is 17.7. The van der Waals surface area contributed by atoms with E-state index in [2.05, 4.69) is 10.6 Å². The van der Waals surface area contributed by atoms with Crippen molar-refractivity contribution in [2.45, 2.75) is 24.5 Å². The number of hydrogen-bond acceptors (Lipinski definition) is 3. The average Bonchev–Trinajstić information content (AvgIpc) is 2.50. The Morgan fingerprint density at radius 1 is 1.04 bits per heavy atom. The quantitative estimate of drug-likeness (QED) is 0.780. The lowest BCUT2D eigenvalue weighted by molar-refractivity contribution is -0.114. The lowest BCUT2D eigenvalue weighted by Crippen LogP contribution is -2.14. The van der Waals surface area contributed by atoms with E-state index in [1.165, 1.54) is 13.0 Å².